The number of piperidine rings is 1. The minimum atomic E-state index is -0.0432. The first-order chi connectivity index (χ1) is 15.1. The van der Waals surface area contributed by atoms with Crippen LogP contribution in [0.1, 0.15) is 51.5 Å². The van der Waals surface area contributed by atoms with Crippen molar-refractivity contribution in [1.29, 1.82) is 0 Å². The summed E-state index contributed by atoms with van der Waals surface area (Å²) in [5, 5.41) is 6.29. The van der Waals surface area contributed by atoms with Gasteiger partial charge in [-0.3, -0.25) is 4.90 Å². The van der Waals surface area contributed by atoms with E-state index >= 15 is 0 Å². The monoisotopic (exact) mass is 420 g/mol. The van der Waals surface area contributed by atoms with Crippen molar-refractivity contribution in [2.45, 2.75) is 58.5 Å². The van der Waals surface area contributed by atoms with E-state index in [1.54, 1.807) is 0 Å². The Morgan fingerprint density at radius 3 is 2.48 bits per heavy atom. The van der Waals surface area contributed by atoms with Crippen molar-refractivity contribution < 1.29 is 4.79 Å². The lowest BCUT2D eigenvalue weighted by Crippen LogP contribution is -2.49. The van der Waals surface area contributed by atoms with Gasteiger partial charge in [0.15, 0.2) is 0 Å². The van der Waals surface area contributed by atoms with Crippen LogP contribution in [-0.2, 0) is 6.54 Å². The molecule has 0 spiro atoms. The number of nitrogens with zero attached hydrogens (tertiary/aromatic N) is 4. The molecule has 164 valence electrons. The zero-order chi connectivity index (χ0) is 21.4. The van der Waals surface area contributed by atoms with E-state index in [0.29, 0.717) is 12.5 Å². The van der Waals surface area contributed by atoms with E-state index in [-0.39, 0.29) is 12.1 Å². The molecule has 2 atom stereocenters. The molecule has 2 fully saturated rings. The number of nitrogens with one attached hydrogen (secondary N) is 2. The minimum Gasteiger partial charge on any atom is -0.371 e. The highest BCUT2D eigenvalue weighted by Crippen LogP contribution is 2.32. The molecule has 1 saturated carbocycles. The molecule has 2 amide bonds. The lowest BCUT2D eigenvalue weighted by Gasteiger charge is -2.36. The van der Waals surface area contributed by atoms with Crippen molar-refractivity contribution in [3.63, 3.8) is 0 Å². The summed E-state index contributed by atoms with van der Waals surface area (Å²) in [6, 6.07) is 8.70. The Morgan fingerprint density at radius 1 is 1.06 bits per heavy atom. The predicted molar refractivity (Wildman–Crippen MR) is 124 cm³/mol. The van der Waals surface area contributed by atoms with Gasteiger partial charge in [-0.25, -0.2) is 9.78 Å². The first-order valence-corrected chi connectivity index (χ1v) is 11.6. The molecule has 1 saturated heterocycles. The smallest absolute Gasteiger partial charge is 0.323 e. The summed E-state index contributed by atoms with van der Waals surface area (Å²) in [5.41, 5.74) is 3.19. The van der Waals surface area contributed by atoms with Crippen LogP contribution in [0.4, 0.5) is 27.9 Å². The fourth-order valence-corrected chi connectivity index (χ4v) is 5.40. The normalized spacial score (nSPS) is 24.1. The third-order valence-electron chi connectivity index (χ3n) is 6.77. The van der Waals surface area contributed by atoms with Crippen LogP contribution in [0.2, 0.25) is 0 Å². The highest BCUT2D eigenvalue weighted by atomic mass is 16.2. The number of anilines is 4. The summed E-state index contributed by atoms with van der Waals surface area (Å²) >= 11 is 0. The van der Waals surface area contributed by atoms with Gasteiger partial charge in [0.05, 0.1) is 0 Å². The van der Waals surface area contributed by atoms with Crippen molar-refractivity contribution in [3.8, 4) is 0 Å². The van der Waals surface area contributed by atoms with Gasteiger partial charge in [-0.1, -0.05) is 26.7 Å². The molecule has 2 unspecified atom stereocenters. The Morgan fingerprint density at radius 2 is 1.77 bits per heavy atom. The van der Waals surface area contributed by atoms with Gasteiger partial charge in [0.2, 0.25) is 5.95 Å². The Hall–Kier alpha value is -2.83. The molecule has 2 aromatic rings. The number of aromatic nitrogens is 2. The van der Waals surface area contributed by atoms with Crippen molar-refractivity contribution >= 4 is 29.2 Å². The number of fused-ring (bicyclic) bond motifs is 1. The number of carbonyl (C=O) groups excluding carboxylic acids is 1. The summed E-state index contributed by atoms with van der Waals surface area (Å²) in [6.45, 7) is 7.38. The molecule has 3 aliphatic rings. The zero-order valence-corrected chi connectivity index (χ0v) is 18.5. The fourth-order valence-electron chi connectivity index (χ4n) is 5.40. The van der Waals surface area contributed by atoms with Crippen molar-refractivity contribution in [2.24, 2.45) is 11.8 Å². The highest BCUT2D eigenvalue weighted by Gasteiger charge is 2.33. The highest BCUT2D eigenvalue weighted by molar-refractivity contribution is 5.94. The second-order valence-electron chi connectivity index (χ2n) is 9.53. The molecule has 7 nitrogen and oxygen atoms in total. The number of hydrogen-bond donors (Lipinski definition) is 2. The van der Waals surface area contributed by atoms with E-state index in [1.165, 1.54) is 24.9 Å². The lowest BCUT2D eigenvalue weighted by molar-refractivity contribution is 0.241. The zero-order valence-electron chi connectivity index (χ0n) is 18.5. The third-order valence-corrected chi connectivity index (χ3v) is 6.77. The van der Waals surface area contributed by atoms with Crippen LogP contribution in [0.25, 0.3) is 0 Å². The lowest BCUT2D eigenvalue weighted by atomic mass is 9.91. The van der Waals surface area contributed by atoms with Crippen LogP contribution in [0.3, 0.4) is 0 Å². The summed E-state index contributed by atoms with van der Waals surface area (Å²) in [5.74, 6) is 2.74. The second-order valence-corrected chi connectivity index (χ2v) is 9.53. The van der Waals surface area contributed by atoms with Gasteiger partial charge in [0.25, 0.3) is 0 Å². The van der Waals surface area contributed by atoms with Crippen LogP contribution >= 0.6 is 0 Å². The number of carbonyl (C=O) groups is 1. The number of amides is 2. The fraction of sp³-hybridized carbons (Fsp3) is 0.542. The molecule has 3 heterocycles. The minimum absolute atomic E-state index is 0.0432. The van der Waals surface area contributed by atoms with E-state index < -0.39 is 0 Å². The molecular formula is C24H32N6O. The summed E-state index contributed by atoms with van der Waals surface area (Å²) in [7, 11) is 0. The third kappa shape index (κ3) is 4.18. The van der Waals surface area contributed by atoms with E-state index in [4.69, 9.17) is 4.98 Å². The average Bonchev–Trinajstić information content (AvgIpc) is 3.28. The number of urea groups is 1. The Kier molecular flexibility index (Phi) is 5.42. The SMILES string of the molecule is CC1CC(C)CN(c2ccc(Nc3ncc4c(n3)N(C3CCCC3)C(=O)NC4)cc2)C1. The van der Waals surface area contributed by atoms with Gasteiger partial charge in [0.1, 0.15) is 5.82 Å². The Bertz CT molecular complexity index is 930. The number of benzene rings is 1. The molecule has 1 aliphatic carbocycles. The van der Waals surface area contributed by atoms with Gasteiger partial charge >= 0.3 is 6.03 Å². The van der Waals surface area contributed by atoms with Crippen LogP contribution in [0.5, 0.6) is 0 Å². The van der Waals surface area contributed by atoms with Gasteiger partial charge in [-0.2, -0.15) is 4.98 Å². The number of rotatable bonds is 4. The molecule has 7 heteroatoms. The largest absolute Gasteiger partial charge is 0.371 e. The molecule has 1 aromatic carbocycles. The van der Waals surface area contributed by atoms with Crippen LogP contribution < -0.4 is 20.4 Å². The quantitative estimate of drug-likeness (QED) is 0.752. The molecule has 31 heavy (non-hydrogen) atoms. The van der Waals surface area contributed by atoms with Crippen molar-refractivity contribution in [2.75, 3.05) is 28.2 Å². The Balaban J connectivity index is 1.33. The van der Waals surface area contributed by atoms with E-state index in [0.717, 1.165) is 54.8 Å². The summed E-state index contributed by atoms with van der Waals surface area (Å²) < 4.78 is 0. The van der Waals surface area contributed by atoms with Crippen LogP contribution in [0.15, 0.2) is 30.5 Å². The molecule has 0 bridgehead atoms. The van der Waals surface area contributed by atoms with Gasteiger partial charge in [-0.15, -0.1) is 0 Å². The van der Waals surface area contributed by atoms with Crippen LogP contribution in [0, 0.1) is 11.8 Å². The van der Waals surface area contributed by atoms with Crippen molar-refractivity contribution in [3.05, 3.63) is 36.0 Å². The van der Waals surface area contributed by atoms with Crippen molar-refractivity contribution in [1.82, 2.24) is 15.3 Å². The maximum absolute atomic E-state index is 12.6. The first kappa shape index (κ1) is 20.1. The summed E-state index contributed by atoms with van der Waals surface area (Å²) in [4.78, 5) is 26.2. The predicted octanol–water partition coefficient (Wildman–Crippen LogP) is 4.67. The maximum Gasteiger partial charge on any atom is 0.323 e. The maximum atomic E-state index is 12.6. The molecule has 2 aliphatic heterocycles. The van der Waals surface area contributed by atoms with E-state index in [9.17, 15) is 4.79 Å². The Labute approximate surface area is 184 Å². The molecule has 0 radical (unpaired) electrons. The second kappa shape index (κ2) is 8.36. The molecule has 5 rings (SSSR count). The number of hydrogen-bond acceptors (Lipinski definition) is 5. The van der Waals surface area contributed by atoms with Crippen LogP contribution in [-0.4, -0.2) is 35.1 Å². The average molecular weight is 421 g/mol. The summed E-state index contributed by atoms with van der Waals surface area (Å²) in [6.07, 6.45) is 7.55. The molecule has 1 aromatic heterocycles. The standard InChI is InChI=1S/C24H32N6O/c1-16-11-17(2)15-29(14-16)20-9-7-19(8-10-20)27-23-25-12-18-13-26-24(31)30(22(18)28-23)21-5-3-4-6-21/h7-10,12,16-17,21H,3-6,11,13-15H2,1-2H3,(H,26,31)(H,25,27,28). The van der Waals surface area contributed by atoms with E-state index in [1.807, 2.05) is 11.1 Å². The molecule has 2 N–H and O–H groups in total. The van der Waals surface area contributed by atoms with Gasteiger partial charge < -0.3 is 15.5 Å². The molecular weight excluding hydrogens is 388 g/mol. The van der Waals surface area contributed by atoms with Gasteiger partial charge in [0, 0.05) is 48.8 Å². The van der Waals surface area contributed by atoms with Gasteiger partial charge in [-0.05, 0) is 55.4 Å². The first-order valence-electron chi connectivity index (χ1n) is 11.6. The topological polar surface area (TPSA) is 73.4 Å². The van der Waals surface area contributed by atoms with E-state index in [2.05, 4.69) is 58.6 Å².